The predicted molar refractivity (Wildman–Crippen MR) is 81.3 cm³/mol. The van der Waals surface area contributed by atoms with E-state index in [0.717, 1.165) is 30.9 Å². The smallest absolute Gasteiger partial charge is 0.271 e. The minimum atomic E-state index is -0.190. The van der Waals surface area contributed by atoms with E-state index in [2.05, 4.69) is 25.6 Å². The molecule has 0 spiro atoms. The van der Waals surface area contributed by atoms with Gasteiger partial charge in [0.2, 0.25) is 0 Å². The zero-order valence-electron chi connectivity index (χ0n) is 12.6. The molecule has 1 atom stereocenters. The topological polar surface area (TPSA) is 84.7 Å². The summed E-state index contributed by atoms with van der Waals surface area (Å²) in [5, 5.41) is 6.23. The minimum absolute atomic E-state index is 0.190. The molecule has 2 aromatic heterocycles. The van der Waals surface area contributed by atoms with E-state index >= 15 is 0 Å². The first-order valence-electron chi connectivity index (χ1n) is 7.55. The Labute approximate surface area is 129 Å². The van der Waals surface area contributed by atoms with E-state index in [-0.39, 0.29) is 11.9 Å². The number of hydrogen-bond acceptors (Lipinski definition) is 5. The molecule has 7 nitrogen and oxygen atoms in total. The molecule has 3 rings (SSSR count). The Morgan fingerprint density at radius 2 is 2.41 bits per heavy atom. The van der Waals surface area contributed by atoms with Gasteiger partial charge < -0.3 is 15.2 Å². The Hall–Kier alpha value is -2.28. The molecule has 7 heteroatoms. The maximum atomic E-state index is 12.2. The monoisotopic (exact) mass is 300 g/mol. The summed E-state index contributed by atoms with van der Waals surface area (Å²) in [5.74, 6) is 0.744. The van der Waals surface area contributed by atoms with Crippen LogP contribution in [0.5, 0.6) is 0 Å². The fourth-order valence-electron chi connectivity index (χ4n) is 2.62. The second kappa shape index (κ2) is 6.65. The lowest BCUT2D eigenvalue weighted by Crippen LogP contribution is -2.29. The first-order valence-corrected chi connectivity index (χ1v) is 7.55. The van der Waals surface area contributed by atoms with Gasteiger partial charge in [-0.2, -0.15) is 0 Å². The van der Waals surface area contributed by atoms with Gasteiger partial charge in [0.1, 0.15) is 11.5 Å². The molecule has 1 saturated heterocycles. The third-order valence-corrected chi connectivity index (χ3v) is 3.87. The lowest BCUT2D eigenvalue weighted by molar-refractivity contribution is 0.0946. The molecule has 0 aliphatic carbocycles. The number of hydrogen-bond donors (Lipinski definition) is 2. The van der Waals surface area contributed by atoms with Crippen LogP contribution in [-0.2, 0) is 6.54 Å². The van der Waals surface area contributed by atoms with Crippen LogP contribution in [0.15, 0.2) is 24.8 Å². The molecule has 2 aromatic rings. The molecular formula is C15H20N6O. The molecule has 1 amide bonds. The van der Waals surface area contributed by atoms with Crippen LogP contribution in [0.4, 0.5) is 0 Å². The van der Waals surface area contributed by atoms with Crippen LogP contribution in [0.1, 0.15) is 40.9 Å². The van der Waals surface area contributed by atoms with Gasteiger partial charge >= 0.3 is 0 Å². The molecule has 1 aliphatic rings. The van der Waals surface area contributed by atoms with Crippen molar-refractivity contribution in [2.75, 3.05) is 13.1 Å². The fourth-order valence-corrected chi connectivity index (χ4v) is 2.62. The third kappa shape index (κ3) is 3.30. The maximum Gasteiger partial charge on any atom is 0.271 e. The Morgan fingerprint density at radius 1 is 1.50 bits per heavy atom. The third-order valence-electron chi connectivity index (χ3n) is 3.87. The van der Waals surface area contributed by atoms with Gasteiger partial charge in [0, 0.05) is 25.5 Å². The van der Waals surface area contributed by atoms with E-state index < -0.39 is 0 Å². The summed E-state index contributed by atoms with van der Waals surface area (Å²) in [7, 11) is 0. The van der Waals surface area contributed by atoms with Crippen LogP contribution in [0.2, 0.25) is 0 Å². The van der Waals surface area contributed by atoms with Gasteiger partial charge in [0.15, 0.2) is 0 Å². The fraction of sp³-hybridized carbons (Fsp3) is 0.467. The number of carbonyl (C=O) groups excluding carboxylic acids is 1. The van der Waals surface area contributed by atoms with Gasteiger partial charge in [-0.05, 0) is 26.3 Å². The van der Waals surface area contributed by atoms with E-state index in [1.165, 1.54) is 6.20 Å². The van der Waals surface area contributed by atoms with Crippen molar-refractivity contribution in [2.45, 2.75) is 32.4 Å². The van der Waals surface area contributed by atoms with E-state index in [4.69, 9.17) is 0 Å². The summed E-state index contributed by atoms with van der Waals surface area (Å²) in [5.41, 5.74) is 1.21. The quantitative estimate of drug-likeness (QED) is 0.854. The molecular weight excluding hydrogens is 280 g/mol. The van der Waals surface area contributed by atoms with Crippen molar-refractivity contribution < 1.29 is 4.79 Å². The normalized spacial score (nSPS) is 17.6. The predicted octanol–water partition coefficient (Wildman–Crippen LogP) is 0.836. The van der Waals surface area contributed by atoms with E-state index in [1.807, 2.05) is 17.7 Å². The number of amides is 1. The zero-order valence-corrected chi connectivity index (χ0v) is 12.6. The van der Waals surface area contributed by atoms with Crippen molar-refractivity contribution in [1.82, 2.24) is 30.2 Å². The summed E-state index contributed by atoms with van der Waals surface area (Å²) in [6.07, 6.45) is 9.06. The number of rotatable bonds is 5. The first-order chi connectivity index (χ1) is 10.7. The number of nitrogens with one attached hydrogen (secondary N) is 2. The highest BCUT2D eigenvalue weighted by molar-refractivity contribution is 5.91. The van der Waals surface area contributed by atoms with Gasteiger partial charge in [-0.15, -0.1) is 0 Å². The van der Waals surface area contributed by atoms with Gasteiger partial charge in [-0.1, -0.05) is 0 Å². The Morgan fingerprint density at radius 3 is 3.14 bits per heavy atom. The second-order valence-corrected chi connectivity index (χ2v) is 5.40. The molecule has 0 saturated carbocycles. The number of imidazole rings is 1. The number of nitrogens with zero attached hydrogens (tertiary/aromatic N) is 4. The minimum Gasteiger partial charge on any atom is -0.349 e. The largest absolute Gasteiger partial charge is 0.349 e. The molecule has 0 bridgehead atoms. The highest BCUT2D eigenvalue weighted by Crippen LogP contribution is 2.20. The Balaban J connectivity index is 1.57. The number of carbonyl (C=O) groups is 1. The summed E-state index contributed by atoms with van der Waals surface area (Å²) in [6, 6.07) is 0.217. The van der Waals surface area contributed by atoms with Crippen molar-refractivity contribution in [1.29, 1.82) is 0 Å². The first kappa shape index (κ1) is 14.6. The average molecular weight is 300 g/mol. The Bertz CT molecular complexity index is 647. The molecule has 116 valence electrons. The standard InChI is InChI=1S/C15H20N6O/c1-11-17-5-7-21(11)8-6-19-15(22)14-10-16-9-13(20-14)12-3-2-4-18-12/h5,7,9-10,12,18H,2-4,6,8H2,1H3,(H,19,22)/t12-/m1/s1. The van der Waals surface area contributed by atoms with Crippen molar-refractivity contribution in [3.05, 3.63) is 42.0 Å². The van der Waals surface area contributed by atoms with Crippen LogP contribution in [0.25, 0.3) is 0 Å². The summed E-state index contributed by atoms with van der Waals surface area (Å²) in [4.78, 5) is 24.9. The second-order valence-electron chi connectivity index (χ2n) is 5.40. The van der Waals surface area contributed by atoms with Crippen molar-refractivity contribution in [2.24, 2.45) is 0 Å². The van der Waals surface area contributed by atoms with Crippen molar-refractivity contribution >= 4 is 5.91 Å². The molecule has 1 fully saturated rings. The molecule has 2 N–H and O–H groups in total. The average Bonchev–Trinajstić information content (AvgIpc) is 3.20. The van der Waals surface area contributed by atoms with Crippen LogP contribution < -0.4 is 10.6 Å². The van der Waals surface area contributed by atoms with E-state index in [0.29, 0.717) is 18.8 Å². The lowest BCUT2D eigenvalue weighted by Gasteiger charge is -2.11. The number of aromatic nitrogens is 4. The maximum absolute atomic E-state index is 12.2. The van der Waals surface area contributed by atoms with Gasteiger partial charge in [-0.25, -0.2) is 9.97 Å². The molecule has 0 unspecified atom stereocenters. The highest BCUT2D eigenvalue weighted by atomic mass is 16.1. The molecule has 0 radical (unpaired) electrons. The van der Waals surface area contributed by atoms with Crippen molar-refractivity contribution in [3.8, 4) is 0 Å². The van der Waals surface area contributed by atoms with Crippen LogP contribution in [0, 0.1) is 6.92 Å². The Kier molecular flexibility index (Phi) is 4.43. The summed E-state index contributed by atoms with van der Waals surface area (Å²) < 4.78 is 1.99. The van der Waals surface area contributed by atoms with Crippen LogP contribution in [-0.4, -0.2) is 38.5 Å². The van der Waals surface area contributed by atoms with Gasteiger partial charge in [0.05, 0.1) is 24.1 Å². The highest BCUT2D eigenvalue weighted by Gasteiger charge is 2.19. The van der Waals surface area contributed by atoms with Crippen LogP contribution >= 0.6 is 0 Å². The van der Waals surface area contributed by atoms with Crippen molar-refractivity contribution in [3.63, 3.8) is 0 Å². The lowest BCUT2D eigenvalue weighted by atomic mass is 10.1. The van der Waals surface area contributed by atoms with E-state index in [1.54, 1.807) is 12.4 Å². The number of aryl methyl sites for hydroxylation is 1. The zero-order chi connectivity index (χ0) is 15.4. The van der Waals surface area contributed by atoms with Gasteiger partial charge in [0.25, 0.3) is 5.91 Å². The SMILES string of the molecule is Cc1nccn1CCNC(=O)c1cncc([C@H]2CCCN2)n1. The summed E-state index contributed by atoms with van der Waals surface area (Å²) >= 11 is 0. The molecule has 22 heavy (non-hydrogen) atoms. The molecule has 0 aromatic carbocycles. The van der Waals surface area contributed by atoms with Crippen LogP contribution in [0.3, 0.4) is 0 Å². The van der Waals surface area contributed by atoms with E-state index in [9.17, 15) is 4.79 Å². The van der Waals surface area contributed by atoms with Gasteiger partial charge in [-0.3, -0.25) is 9.78 Å². The molecule has 1 aliphatic heterocycles. The summed E-state index contributed by atoms with van der Waals surface area (Å²) in [6.45, 7) is 4.15. The molecule has 3 heterocycles.